The fraction of sp³-hybridized carbons (Fsp3) is 0.125. The van der Waals surface area contributed by atoms with E-state index in [1.54, 1.807) is 6.20 Å². The molecule has 1 N–H and O–H groups in total. The lowest BCUT2D eigenvalue weighted by molar-refractivity contribution is 1.24. The fourth-order valence-corrected chi connectivity index (χ4v) is 1.50. The Morgan fingerprint density at radius 3 is 3.18 bits per heavy atom. The second kappa shape index (κ2) is 2.81. The third kappa shape index (κ3) is 1.24. The summed E-state index contributed by atoms with van der Waals surface area (Å²) in [5.41, 5.74) is 2.22. The number of nitrogens with one attached hydrogen (secondary N) is 1. The van der Waals surface area contributed by atoms with Gasteiger partial charge in [-0.1, -0.05) is 22.6 Å². The predicted molar refractivity (Wildman–Crippen MR) is 53.8 cm³/mol. The monoisotopic (exact) mass is 258 g/mol. The van der Waals surface area contributed by atoms with E-state index in [4.69, 9.17) is 0 Å². The van der Waals surface area contributed by atoms with Crippen molar-refractivity contribution in [2.75, 3.05) is 0 Å². The van der Waals surface area contributed by atoms with Gasteiger partial charge in [-0.25, -0.2) is 4.98 Å². The average molecular weight is 258 g/mol. The van der Waals surface area contributed by atoms with Crippen molar-refractivity contribution in [2.24, 2.45) is 0 Å². The molecule has 2 rings (SSSR count). The Balaban J connectivity index is 2.69. The van der Waals surface area contributed by atoms with Crippen molar-refractivity contribution in [1.82, 2.24) is 9.97 Å². The largest absolute Gasteiger partial charge is 0.343 e. The van der Waals surface area contributed by atoms with Gasteiger partial charge in [-0.15, -0.1) is 0 Å². The van der Waals surface area contributed by atoms with E-state index in [-0.39, 0.29) is 0 Å². The molecule has 0 aliphatic carbocycles. The minimum atomic E-state index is 0.985. The van der Waals surface area contributed by atoms with Gasteiger partial charge in [-0.2, -0.15) is 0 Å². The van der Waals surface area contributed by atoms with E-state index in [2.05, 4.69) is 44.7 Å². The average Bonchev–Trinajstić information content (AvgIpc) is 2.46. The maximum atomic E-state index is 4.19. The number of aromatic nitrogens is 2. The van der Waals surface area contributed by atoms with Crippen LogP contribution in [0.2, 0.25) is 0 Å². The zero-order valence-electron chi connectivity index (χ0n) is 5.84. The molecule has 0 atom stereocenters. The molecule has 0 fully saturated rings. The molecule has 2 nitrogen and oxygen atoms in total. The number of fused-ring (bicyclic) bond motifs is 1. The quantitative estimate of drug-likeness (QED) is 0.617. The summed E-state index contributed by atoms with van der Waals surface area (Å²) in [5, 5.41) is 1.19. The normalized spacial score (nSPS) is 10.6. The van der Waals surface area contributed by atoms with Crippen LogP contribution in [0.5, 0.6) is 0 Å². The SMILES string of the molecule is ICc1cc2cccnc2[nH]1. The van der Waals surface area contributed by atoms with Gasteiger partial charge in [0.1, 0.15) is 5.65 Å². The van der Waals surface area contributed by atoms with Crippen molar-refractivity contribution in [1.29, 1.82) is 0 Å². The standard InChI is InChI=1S/C8H7IN2/c9-5-7-4-6-2-1-3-10-8(6)11-7/h1-4H,5H2,(H,10,11). The molecule has 0 spiro atoms. The molecular weight excluding hydrogens is 251 g/mol. The Bertz CT molecular complexity index is 334. The van der Waals surface area contributed by atoms with Crippen LogP contribution < -0.4 is 0 Å². The summed E-state index contributed by atoms with van der Waals surface area (Å²) in [4.78, 5) is 7.42. The fourth-order valence-electron chi connectivity index (χ4n) is 1.09. The summed E-state index contributed by atoms with van der Waals surface area (Å²) >= 11 is 2.33. The molecule has 0 radical (unpaired) electrons. The highest BCUT2D eigenvalue weighted by molar-refractivity contribution is 14.1. The lowest BCUT2D eigenvalue weighted by Crippen LogP contribution is -1.74. The van der Waals surface area contributed by atoms with Crippen molar-refractivity contribution in [3.05, 3.63) is 30.1 Å². The van der Waals surface area contributed by atoms with Crippen molar-refractivity contribution >= 4 is 33.6 Å². The highest BCUT2D eigenvalue weighted by atomic mass is 127. The first-order valence-corrected chi connectivity index (χ1v) is 4.91. The van der Waals surface area contributed by atoms with E-state index >= 15 is 0 Å². The molecular formula is C8H7IN2. The maximum absolute atomic E-state index is 4.19. The van der Waals surface area contributed by atoms with Crippen LogP contribution >= 0.6 is 22.6 Å². The highest BCUT2D eigenvalue weighted by Crippen LogP contribution is 2.13. The molecule has 0 aliphatic heterocycles. The molecule has 11 heavy (non-hydrogen) atoms. The third-order valence-electron chi connectivity index (χ3n) is 1.59. The zero-order chi connectivity index (χ0) is 7.68. The summed E-state index contributed by atoms with van der Waals surface area (Å²) in [7, 11) is 0. The Labute approximate surface area is 78.2 Å². The second-order valence-corrected chi connectivity index (χ2v) is 3.13. The van der Waals surface area contributed by atoms with E-state index in [0.717, 1.165) is 10.1 Å². The van der Waals surface area contributed by atoms with Gasteiger partial charge in [-0.05, 0) is 18.2 Å². The van der Waals surface area contributed by atoms with E-state index in [0.29, 0.717) is 0 Å². The summed E-state index contributed by atoms with van der Waals surface area (Å²) in [5.74, 6) is 0. The van der Waals surface area contributed by atoms with Gasteiger partial charge in [0.25, 0.3) is 0 Å². The smallest absolute Gasteiger partial charge is 0.137 e. The summed E-state index contributed by atoms with van der Waals surface area (Å²) in [6, 6.07) is 6.15. The molecule has 56 valence electrons. The zero-order valence-corrected chi connectivity index (χ0v) is 8.00. The van der Waals surface area contributed by atoms with Crippen LogP contribution in [0.4, 0.5) is 0 Å². The van der Waals surface area contributed by atoms with Gasteiger partial charge in [0.15, 0.2) is 0 Å². The number of aromatic amines is 1. The third-order valence-corrected chi connectivity index (χ3v) is 2.41. The van der Waals surface area contributed by atoms with Crippen LogP contribution in [0.25, 0.3) is 11.0 Å². The minimum absolute atomic E-state index is 0.985. The topological polar surface area (TPSA) is 28.7 Å². The van der Waals surface area contributed by atoms with Crippen molar-refractivity contribution < 1.29 is 0 Å². The number of H-pyrrole nitrogens is 1. The van der Waals surface area contributed by atoms with E-state index < -0.39 is 0 Å². The Hall–Kier alpha value is -0.580. The number of nitrogens with zero attached hydrogens (tertiary/aromatic N) is 1. The lowest BCUT2D eigenvalue weighted by Gasteiger charge is -1.83. The second-order valence-electron chi connectivity index (χ2n) is 2.37. The number of halogens is 1. The van der Waals surface area contributed by atoms with Gasteiger partial charge in [0.2, 0.25) is 0 Å². The van der Waals surface area contributed by atoms with Crippen LogP contribution in [0.3, 0.4) is 0 Å². The van der Waals surface area contributed by atoms with E-state index in [1.165, 1.54) is 11.1 Å². The Morgan fingerprint density at radius 2 is 2.45 bits per heavy atom. The molecule has 2 aromatic heterocycles. The van der Waals surface area contributed by atoms with Gasteiger partial charge in [0, 0.05) is 21.7 Å². The molecule has 0 aromatic carbocycles. The predicted octanol–water partition coefficient (Wildman–Crippen LogP) is 2.50. The van der Waals surface area contributed by atoms with Gasteiger partial charge < -0.3 is 4.98 Å². The number of hydrogen-bond acceptors (Lipinski definition) is 1. The van der Waals surface area contributed by atoms with Crippen LogP contribution in [-0.4, -0.2) is 9.97 Å². The number of alkyl halides is 1. The first kappa shape index (κ1) is 7.09. The van der Waals surface area contributed by atoms with Crippen LogP contribution in [0, 0.1) is 0 Å². The van der Waals surface area contributed by atoms with Crippen molar-refractivity contribution in [3.63, 3.8) is 0 Å². The van der Waals surface area contributed by atoms with Crippen LogP contribution in [0.15, 0.2) is 24.4 Å². The van der Waals surface area contributed by atoms with E-state index in [1.807, 2.05) is 6.07 Å². The molecule has 0 aliphatic rings. The molecule has 2 aromatic rings. The summed E-state index contributed by atoms with van der Waals surface area (Å²) in [6.45, 7) is 0. The maximum Gasteiger partial charge on any atom is 0.137 e. The van der Waals surface area contributed by atoms with E-state index in [9.17, 15) is 0 Å². The summed E-state index contributed by atoms with van der Waals surface area (Å²) in [6.07, 6.45) is 1.80. The van der Waals surface area contributed by atoms with Crippen LogP contribution in [0.1, 0.15) is 5.69 Å². The van der Waals surface area contributed by atoms with Crippen molar-refractivity contribution in [2.45, 2.75) is 4.43 Å². The molecule has 2 heterocycles. The molecule has 0 unspecified atom stereocenters. The molecule has 3 heteroatoms. The van der Waals surface area contributed by atoms with Crippen molar-refractivity contribution in [3.8, 4) is 0 Å². The van der Waals surface area contributed by atoms with Gasteiger partial charge in [-0.3, -0.25) is 0 Å². The molecule has 0 amide bonds. The lowest BCUT2D eigenvalue weighted by atomic mass is 10.3. The molecule has 0 saturated heterocycles. The Kier molecular flexibility index (Phi) is 1.81. The highest BCUT2D eigenvalue weighted by Gasteiger charge is 1.97. The Morgan fingerprint density at radius 1 is 1.55 bits per heavy atom. The number of hydrogen-bond donors (Lipinski definition) is 1. The first-order chi connectivity index (χ1) is 5.40. The van der Waals surface area contributed by atoms with Gasteiger partial charge >= 0.3 is 0 Å². The van der Waals surface area contributed by atoms with Crippen LogP contribution in [-0.2, 0) is 4.43 Å². The molecule has 0 bridgehead atoms. The summed E-state index contributed by atoms with van der Waals surface area (Å²) < 4.78 is 1.01. The first-order valence-electron chi connectivity index (χ1n) is 3.39. The molecule has 0 saturated carbocycles. The number of rotatable bonds is 1. The minimum Gasteiger partial charge on any atom is -0.343 e. The number of pyridine rings is 1. The van der Waals surface area contributed by atoms with Gasteiger partial charge in [0.05, 0.1) is 0 Å².